The first-order valence-electron chi connectivity index (χ1n) is 9.93. The van der Waals surface area contributed by atoms with Gasteiger partial charge in [-0.2, -0.15) is 8.62 Å². The second-order valence-electron chi connectivity index (χ2n) is 7.48. The van der Waals surface area contributed by atoms with Crippen LogP contribution in [0.25, 0.3) is 0 Å². The van der Waals surface area contributed by atoms with Gasteiger partial charge in [-0.05, 0) is 0 Å². The van der Waals surface area contributed by atoms with Crippen LogP contribution in [0.2, 0.25) is 0 Å². The first-order valence-corrected chi connectivity index (χ1v) is 16.5. The number of ether oxygens (including phenoxy) is 1. The molecule has 0 amide bonds. The van der Waals surface area contributed by atoms with Crippen molar-refractivity contribution in [2.75, 3.05) is 18.5 Å². The number of hydrogen-bond donors (Lipinski definition) is 9. The van der Waals surface area contributed by atoms with E-state index in [0.29, 0.717) is 0 Å². The molecular formula is C14H25N3O16P4. The zero-order chi connectivity index (χ0) is 28.2. The summed E-state index contributed by atoms with van der Waals surface area (Å²) < 4.78 is 51.8. The fourth-order valence-corrected chi connectivity index (χ4v) is 6.54. The standard InChI is InChI=1S/C14H25N3O16P4/c15-13-9(4-2-1-3-5-34(20,21)22)7-17(14(19)16-13)12-6-10(18)11(31-12)8-30-36(26,27)33-37(28,29)32-35(23,24)25/h7,10-12,18,20-22,34H,1,3,5-6,8H2,(H,26,27)(H,28,29)(H2,15,16,19)(H2,23,24,25). The molecular weight excluding hydrogens is 590 g/mol. The van der Waals surface area contributed by atoms with Crippen LogP contribution in [0.15, 0.2) is 11.0 Å². The number of rotatable bonds is 11. The van der Waals surface area contributed by atoms with Gasteiger partial charge in [0.25, 0.3) is 0 Å². The molecule has 0 aromatic carbocycles. The van der Waals surface area contributed by atoms with Gasteiger partial charge in [0.05, 0.1) is 0 Å². The van der Waals surface area contributed by atoms with Gasteiger partial charge in [0.1, 0.15) is 0 Å². The van der Waals surface area contributed by atoms with Gasteiger partial charge >= 0.3 is 162 Å². The summed E-state index contributed by atoms with van der Waals surface area (Å²) in [6, 6.07) is 0. The van der Waals surface area contributed by atoms with E-state index in [4.69, 9.17) is 39.8 Å². The molecule has 0 radical (unpaired) electrons. The Kier molecular flexibility index (Phi) is 10.7. The van der Waals surface area contributed by atoms with Gasteiger partial charge in [-0.15, -0.1) is 0 Å². The van der Waals surface area contributed by atoms with Crippen LogP contribution in [-0.2, 0) is 31.6 Å². The predicted molar refractivity (Wildman–Crippen MR) is 123 cm³/mol. The van der Waals surface area contributed by atoms with Crippen molar-refractivity contribution in [1.82, 2.24) is 9.55 Å². The van der Waals surface area contributed by atoms with Crippen LogP contribution < -0.4 is 11.4 Å². The van der Waals surface area contributed by atoms with Crippen molar-refractivity contribution >= 4 is 37.2 Å². The second-order valence-corrected chi connectivity index (χ2v) is 13.9. The van der Waals surface area contributed by atoms with Crippen LogP contribution in [0.3, 0.4) is 0 Å². The summed E-state index contributed by atoms with van der Waals surface area (Å²) in [6.45, 7) is -0.934. The van der Waals surface area contributed by atoms with Crippen molar-refractivity contribution in [3.63, 3.8) is 0 Å². The van der Waals surface area contributed by atoms with Gasteiger partial charge in [-0.3, -0.25) is 4.52 Å². The molecule has 0 aliphatic carbocycles. The molecule has 19 nitrogen and oxygen atoms in total. The van der Waals surface area contributed by atoms with E-state index in [-0.39, 0.29) is 36.8 Å². The Morgan fingerprint density at radius 3 is 2.41 bits per heavy atom. The summed E-state index contributed by atoms with van der Waals surface area (Å²) in [7, 11) is -20.9. The van der Waals surface area contributed by atoms with Gasteiger partial charge in [0, 0.05) is 0 Å². The number of nitrogens with zero attached hydrogens (tertiary/aromatic N) is 2. The number of aliphatic hydroxyl groups excluding tert-OH is 1. The van der Waals surface area contributed by atoms with Crippen LogP contribution in [0, 0.1) is 11.8 Å². The zero-order valence-electron chi connectivity index (χ0n) is 18.5. The molecule has 37 heavy (non-hydrogen) atoms. The molecule has 10 N–H and O–H groups in total. The Morgan fingerprint density at radius 1 is 1.16 bits per heavy atom. The number of anilines is 1. The normalized spacial score (nSPS) is 24.1. The summed E-state index contributed by atoms with van der Waals surface area (Å²) in [5.74, 6) is 5.05. The number of phosphoric ester groups is 1. The third-order valence-electron chi connectivity index (χ3n) is 4.35. The molecule has 1 aliphatic rings. The Balaban J connectivity index is 2.05. The Hall–Kier alpha value is -1.12. The van der Waals surface area contributed by atoms with Gasteiger partial charge in [-0.25, -0.2) is 13.7 Å². The molecule has 2 rings (SSSR count). The Bertz CT molecular complexity index is 1230. The van der Waals surface area contributed by atoms with Crippen LogP contribution in [0.5, 0.6) is 0 Å². The summed E-state index contributed by atoms with van der Waals surface area (Å²) in [5, 5.41) is 10.2. The first kappa shape index (κ1) is 32.1. The second kappa shape index (κ2) is 12.4. The molecule has 5 atom stereocenters. The van der Waals surface area contributed by atoms with Crippen molar-refractivity contribution in [3.05, 3.63) is 22.2 Å². The molecule has 1 fully saturated rings. The van der Waals surface area contributed by atoms with Crippen molar-refractivity contribution in [3.8, 4) is 11.8 Å². The predicted octanol–water partition coefficient (Wildman–Crippen LogP) is -1.58. The maximum absolute atomic E-state index is 12.3. The van der Waals surface area contributed by atoms with Crippen LogP contribution in [-0.4, -0.2) is 73.9 Å². The molecule has 1 aliphatic heterocycles. The van der Waals surface area contributed by atoms with Crippen molar-refractivity contribution in [2.24, 2.45) is 0 Å². The summed E-state index contributed by atoms with van der Waals surface area (Å²) in [4.78, 5) is 78.5. The number of aliphatic hydroxyl groups is 1. The maximum atomic E-state index is 12.3. The fraction of sp³-hybridized carbons (Fsp3) is 0.571. The van der Waals surface area contributed by atoms with Gasteiger partial charge in [0.2, 0.25) is 0 Å². The number of phosphoric acid groups is 3. The topological polar surface area (TPSA) is 311 Å². The molecule has 1 saturated heterocycles. The van der Waals surface area contributed by atoms with Gasteiger partial charge in [0.15, 0.2) is 0 Å². The Morgan fingerprint density at radius 2 is 1.81 bits per heavy atom. The SMILES string of the molecule is Nc1nc(=O)n(C2CC(O)C(COP(=O)(O)OP(=O)(O)OP(=O)(O)O)O2)cc1C#CCCC[PH](O)(O)O. The molecule has 212 valence electrons. The van der Waals surface area contributed by atoms with E-state index in [1.54, 1.807) is 0 Å². The van der Waals surface area contributed by atoms with E-state index in [9.17, 15) is 28.5 Å². The van der Waals surface area contributed by atoms with Crippen molar-refractivity contribution in [2.45, 2.75) is 37.7 Å². The monoisotopic (exact) mass is 615 g/mol. The summed E-state index contributed by atoms with van der Waals surface area (Å²) in [5.41, 5.74) is 4.87. The van der Waals surface area contributed by atoms with Gasteiger partial charge < -0.3 is 19.6 Å². The van der Waals surface area contributed by atoms with E-state index in [0.717, 1.165) is 4.57 Å². The van der Waals surface area contributed by atoms with Gasteiger partial charge in [-0.1, -0.05) is 0 Å². The number of unbranched alkanes of at least 4 members (excludes halogenated alkanes) is 1. The average Bonchev–Trinajstić information content (AvgIpc) is 3.04. The molecule has 2 heterocycles. The van der Waals surface area contributed by atoms with Crippen LogP contribution in [0.4, 0.5) is 5.82 Å². The number of nitrogen functional groups attached to an aromatic ring is 1. The quantitative estimate of drug-likeness (QED) is 0.0770. The number of aromatic nitrogens is 2. The van der Waals surface area contributed by atoms with E-state index in [1.165, 1.54) is 6.20 Å². The first-order chi connectivity index (χ1) is 16.8. The zero-order valence-corrected chi connectivity index (χ0v) is 22.2. The summed E-state index contributed by atoms with van der Waals surface area (Å²) >= 11 is 0. The van der Waals surface area contributed by atoms with E-state index in [1.807, 2.05) is 0 Å². The van der Waals surface area contributed by atoms with Crippen LogP contribution >= 0.6 is 31.4 Å². The van der Waals surface area contributed by atoms with Crippen molar-refractivity contribution in [1.29, 1.82) is 0 Å². The molecule has 0 bridgehead atoms. The molecule has 1 aromatic heterocycles. The number of hydrogen-bond acceptors (Lipinski definition) is 14. The number of nitrogens with two attached hydrogens (primary N) is 1. The fourth-order valence-electron chi connectivity index (χ4n) is 2.86. The van der Waals surface area contributed by atoms with Crippen molar-refractivity contribution < 1.29 is 70.9 Å². The minimum absolute atomic E-state index is 0.0786. The molecule has 1 aromatic rings. The molecule has 0 spiro atoms. The van der Waals surface area contributed by atoms with Crippen LogP contribution in [0.1, 0.15) is 31.1 Å². The summed E-state index contributed by atoms with van der Waals surface area (Å²) in [6.07, 6.45) is -2.95. The van der Waals surface area contributed by atoms with E-state index in [2.05, 4.69) is 30.0 Å². The molecule has 23 heteroatoms. The minimum atomic E-state index is -5.73. The third-order valence-corrected chi connectivity index (χ3v) is 9.18. The van der Waals surface area contributed by atoms with E-state index < -0.39 is 62.1 Å². The molecule has 5 unspecified atom stereocenters. The Labute approximate surface area is 208 Å². The average molecular weight is 615 g/mol. The molecule has 0 saturated carbocycles. The van der Waals surface area contributed by atoms with E-state index >= 15 is 0 Å². The third kappa shape index (κ3) is 11.3.